The summed E-state index contributed by atoms with van der Waals surface area (Å²) in [5, 5.41) is 0. The first-order valence-electron chi connectivity index (χ1n) is 9.02. The first-order valence-corrected chi connectivity index (χ1v) is 10.6. The van der Waals surface area contributed by atoms with E-state index >= 15 is 0 Å². The standard InChI is InChI=1S/C17H26N4O4S/c1-3-12-26(23,24)19-9-5-6-14(13-19)21-16-15(7-4-8-18-16)20(17(21)22)10-11-25-2/h4,7-8,14H,3,5-6,9-13H2,1-2H3/t14-/m0/s1. The summed E-state index contributed by atoms with van der Waals surface area (Å²) in [7, 11) is -1.68. The molecule has 2 aromatic rings. The highest BCUT2D eigenvalue weighted by Gasteiger charge is 2.31. The average Bonchev–Trinajstić information content (AvgIpc) is 2.91. The lowest BCUT2D eigenvalue weighted by atomic mass is 10.1. The quantitative estimate of drug-likeness (QED) is 0.719. The number of hydrogen-bond acceptors (Lipinski definition) is 5. The van der Waals surface area contributed by atoms with Crippen LogP contribution in [0, 0.1) is 0 Å². The Morgan fingerprint density at radius 3 is 2.92 bits per heavy atom. The molecule has 144 valence electrons. The molecule has 8 nitrogen and oxygen atoms in total. The fourth-order valence-corrected chi connectivity index (χ4v) is 5.19. The molecule has 0 spiro atoms. The lowest BCUT2D eigenvalue weighted by Gasteiger charge is -2.32. The van der Waals surface area contributed by atoms with Crippen molar-refractivity contribution < 1.29 is 13.2 Å². The van der Waals surface area contributed by atoms with Gasteiger partial charge in [-0.2, -0.15) is 4.31 Å². The van der Waals surface area contributed by atoms with Crippen molar-refractivity contribution in [3.8, 4) is 0 Å². The molecule has 3 heterocycles. The molecule has 0 aromatic carbocycles. The molecule has 2 aromatic heterocycles. The number of sulfonamides is 1. The summed E-state index contributed by atoms with van der Waals surface area (Å²) >= 11 is 0. The second kappa shape index (κ2) is 7.89. The van der Waals surface area contributed by atoms with Crippen LogP contribution in [-0.2, 0) is 21.3 Å². The summed E-state index contributed by atoms with van der Waals surface area (Å²) in [5.74, 6) is 0.141. The predicted molar refractivity (Wildman–Crippen MR) is 99.8 cm³/mol. The van der Waals surface area contributed by atoms with Crippen molar-refractivity contribution in [3.63, 3.8) is 0 Å². The number of aromatic nitrogens is 3. The third-order valence-corrected chi connectivity index (χ3v) is 6.86. The minimum atomic E-state index is -3.28. The molecule has 1 aliphatic rings. The van der Waals surface area contributed by atoms with Gasteiger partial charge in [0.1, 0.15) is 0 Å². The summed E-state index contributed by atoms with van der Waals surface area (Å²) in [5.41, 5.74) is 1.20. The molecule has 1 fully saturated rings. The van der Waals surface area contributed by atoms with E-state index in [1.807, 2.05) is 13.0 Å². The number of nitrogens with zero attached hydrogens (tertiary/aromatic N) is 4. The van der Waals surface area contributed by atoms with Gasteiger partial charge in [0.15, 0.2) is 5.65 Å². The lowest BCUT2D eigenvalue weighted by molar-refractivity contribution is 0.186. The SMILES string of the molecule is CCCS(=O)(=O)N1CCC[C@H](n2c(=O)n(CCOC)c3cccnc32)C1. The second-order valence-corrected chi connectivity index (χ2v) is 8.70. The Hall–Kier alpha value is -1.71. The lowest BCUT2D eigenvalue weighted by Crippen LogP contribution is -2.43. The number of methoxy groups -OCH3 is 1. The Bertz CT molecular complexity index is 918. The molecule has 0 unspecified atom stereocenters. The van der Waals surface area contributed by atoms with E-state index in [1.54, 1.807) is 28.5 Å². The molecule has 9 heteroatoms. The zero-order valence-corrected chi connectivity index (χ0v) is 16.1. The number of ether oxygens (including phenoxy) is 1. The largest absolute Gasteiger partial charge is 0.383 e. The van der Waals surface area contributed by atoms with Crippen molar-refractivity contribution in [2.75, 3.05) is 32.6 Å². The molecular formula is C17H26N4O4S. The molecule has 0 bridgehead atoms. The molecule has 1 aliphatic heterocycles. The molecule has 3 rings (SSSR count). The topological polar surface area (TPSA) is 86.4 Å². The Morgan fingerprint density at radius 1 is 1.38 bits per heavy atom. The van der Waals surface area contributed by atoms with Gasteiger partial charge >= 0.3 is 5.69 Å². The summed E-state index contributed by atoms with van der Waals surface area (Å²) in [6.07, 6.45) is 3.74. The molecule has 26 heavy (non-hydrogen) atoms. The molecule has 0 amide bonds. The van der Waals surface area contributed by atoms with Crippen molar-refractivity contribution in [2.45, 2.75) is 38.8 Å². The van der Waals surface area contributed by atoms with Crippen molar-refractivity contribution in [2.24, 2.45) is 0 Å². The van der Waals surface area contributed by atoms with E-state index in [4.69, 9.17) is 4.74 Å². The first kappa shape index (κ1) is 19.1. The summed E-state index contributed by atoms with van der Waals surface area (Å²) in [4.78, 5) is 17.4. The van der Waals surface area contributed by atoms with Crippen LogP contribution in [0.15, 0.2) is 23.1 Å². The maximum absolute atomic E-state index is 13.0. The first-order chi connectivity index (χ1) is 12.5. The summed E-state index contributed by atoms with van der Waals surface area (Å²) < 4.78 is 34.9. The van der Waals surface area contributed by atoms with Gasteiger partial charge < -0.3 is 4.74 Å². The minimum Gasteiger partial charge on any atom is -0.383 e. The molecule has 0 N–H and O–H groups in total. The number of fused-ring (bicyclic) bond motifs is 1. The normalized spacial score (nSPS) is 19.2. The highest BCUT2D eigenvalue weighted by Crippen LogP contribution is 2.25. The summed E-state index contributed by atoms with van der Waals surface area (Å²) in [6, 6.07) is 3.46. The maximum Gasteiger partial charge on any atom is 0.330 e. The van der Waals surface area contributed by atoms with Crippen molar-refractivity contribution >= 4 is 21.2 Å². The van der Waals surface area contributed by atoms with Gasteiger partial charge in [-0.15, -0.1) is 0 Å². The van der Waals surface area contributed by atoms with Crippen LogP contribution >= 0.6 is 0 Å². The second-order valence-electron chi connectivity index (χ2n) is 6.61. The number of hydrogen-bond donors (Lipinski definition) is 0. The Labute approximate surface area is 153 Å². The predicted octanol–water partition coefficient (Wildman–Crippen LogP) is 1.22. The van der Waals surface area contributed by atoms with Gasteiger partial charge in [-0.1, -0.05) is 6.92 Å². The van der Waals surface area contributed by atoms with Crippen LogP contribution in [0.2, 0.25) is 0 Å². The highest BCUT2D eigenvalue weighted by molar-refractivity contribution is 7.89. The zero-order valence-electron chi connectivity index (χ0n) is 15.3. The van der Waals surface area contributed by atoms with Gasteiger partial charge in [0, 0.05) is 26.4 Å². The number of imidazole rings is 1. The third-order valence-electron chi connectivity index (χ3n) is 4.82. The third kappa shape index (κ3) is 3.56. The molecule has 0 saturated carbocycles. The van der Waals surface area contributed by atoms with Gasteiger partial charge in [0.25, 0.3) is 0 Å². The Morgan fingerprint density at radius 2 is 2.19 bits per heavy atom. The Balaban J connectivity index is 2.00. The Kier molecular flexibility index (Phi) is 5.79. The van der Waals surface area contributed by atoms with Crippen LogP contribution in [-0.4, -0.2) is 59.4 Å². The fourth-order valence-electron chi connectivity index (χ4n) is 3.61. The van der Waals surface area contributed by atoms with E-state index in [2.05, 4.69) is 4.98 Å². The van der Waals surface area contributed by atoms with Gasteiger partial charge in [0.05, 0.1) is 30.5 Å². The van der Waals surface area contributed by atoms with E-state index in [0.717, 1.165) is 18.4 Å². The zero-order chi connectivity index (χ0) is 18.7. The van der Waals surface area contributed by atoms with Gasteiger partial charge in [-0.25, -0.2) is 18.2 Å². The highest BCUT2D eigenvalue weighted by atomic mass is 32.2. The number of rotatable bonds is 7. The van der Waals surface area contributed by atoms with E-state index in [1.165, 1.54) is 4.31 Å². The monoisotopic (exact) mass is 382 g/mol. The van der Waals surface area contributed by atoms with Crippen molar-refractivity contribution in [1.29, 1.82) is 0 Å². The van der Waals surface area contributed by atoms with Crippen LogP contribution < -0.4 is 5.69 Å². The molecule has 1 atom stereocenters. The van der Waals surface area contributed by atoms with Crippen molar-refractivity contribution in [3.05, 3.63) is 28.8 Å². The molecule has 0 aliphatic carbocycles. The van der Waals surface area contributed by atoms with Crippen LogP contribution in [0.3, 0.4) is 0 Å². The molecular weight excluding hydrogens is 356 g/mol. The van der Waals surface area contributed by atoms with E-state index in [-0.39, 0.29) is 17.5 Å². The average molecular weight is 382 g/mol. The van der Waals surface area contributed by atoms with Crippen LogP contribution in [0.4, 0.5) is 0 Å². The van der Waals surface area contributed by atoms with Crippen molar-refractivity contribution in [1.82, 2.24) is 18.4 Å². The summed E-state index contributed by atoms with van der Waals surface area (Å²) in [6.45, 7) is 3.56. The maximum atomic E-state index is 13.0. The molecule has 0 radical (unpaired) electrons. The van der Waals surface area contributed by atoms with E-state index in [0.29, 0.717) is 38.3 Å². The molecule has 1 saturated heterocycles. The van der Waals surface area contributed by atoms with Crippen LogP contribution in [0.25, 0.3) is 11.2 Å². The smallest absolute Gasteiger partial charge is 0.330 e. The van der Waals surface area contributed by atoms with E-state index < -0.39 is 10.0 Å². The van der Waals surface area contributed by atoms with Gasteiger partial charge in [-0.05, 0) is 31.4 Å². The fraction of sp³-hybridized carbons (Fsp3) is 0.647. The van der Waals surface area contributed by atoms with Crippen LogP contribution in [0.1, 0.15) is 32.2 Å². The van der Waals surface area contributed by atoms with E-state index in [9.17, 15) is 13.2 Å². The van der Waals surface area contributed by atoms with Gasteiger partial charge in [-0.3, -0.25) is 9.13 Å². The number of piperidine rings is 1. The number of pyridine rings is 1. The minimum absolute atomic E-state index is 0.141. The van der Waals surface area contributed by atoms with Crippen LogP contribution in [0.5, 0.6) is 0 Å². The van der Waals surface area contributed by atoms with Gasteiger partial charge in [0.2, 0.25) is 10.0 Å².